The summed E-state index contributed by atoms with van der Waals surface area (Å²) in [5.74, 6) is -0.206. The van der Waals surface area contributed by atoms with Crippen LogP contribution in [0.2, 0.25) is 0 Å². The Labute approximate surface area is 83.4 Å². The van der Waals surface area contributed by atoms with Gasteiger partial charge in [-0.3, -0.25) is 9.59 Å². The summed E-state index contributed by atoms with van der Waals surface area (Å²) >= 11 is 0. The van der Waals surface area contributed by atoms with Crippen molar-refractivity contribution in [3.63, 3.8) is 0 Å². The molecule has 0 unspecified atom stereocenters. The van der Waals surface area contributed by atoms with Gasteiger partial charge in [0, 0.05) is 18.5 Å². The van der Waals surface area contributed by atoms with E-state index in [2.05, 4.69) is 10.6 Å². The van der Waals surface area contributed by atoms with Crippen molar-refractivity contribution in [2.24, 2.45) is 5.73 Å². The Kier molecular flexibility index (Phi) is 3.10. The lowest BCUT2D eigenvalue weighted by Gasteiger charge is -2.25. The molecule has 0 aromatic heterocycles. The van der Waals surface area contributed by atoms with E-state index in [0.29, 0.717) is 19.4 Å². The third-order valence-electron chi connectivity index (χ3n) is 2.28. The van der Waals surface area contributed by atoms with Crippen LogP contribution in [-0.2, 0) is 9.59 Å². The summed E-state index contributed by atoms with van der Waals surface area (Å²) < 4.78 is 0. The Hall–Kier alpha value is -1.10. The second kappa shape index (κ2) is 3.96. The number of nitrogens with one attached hydrogen (secondary N) is 2. The number of hydrogen-bond acceptors (Lipinski definition) is 3. The summed E-state index contributed by atoms with van der Waals surface area (Å²) in [5, 5.41) is 5.40. The quantitative estimate of drug-likeness (QED) is 0.552. The molecule has 0 spiro atoms. The van der Waals surface area contributed by atoms with Crippen LogP contribution < -0.4 is 16.4 Å². The van der Waals surface area contributed by atoms with E-state index in [9.17, 15) is 9.59 Å². The van der Waals surface area contributed by atoms with Crippen molar-refractivity contribution < 1.29 is 9.59 Å². The van der Waals surface area contributed by atoms with E-state index in [4.69, 9.17) is 5.73 Å². The molecule has 5 nitrogen and oxygen atoms in total. The van der Waals surface area contributed by atoms with Gasteiger partial charge in [-0.15, -0.1) is 0 Å². The minimum Gasteiger partial charge on any atom is -0.348 e. The van der Waals surface area contributed by atoms with Crippen LogP contribution in [-0.4, -0.2) is 29.9 Å². The zero-order valence-corrected chi connectivity index (χ0v) is 8.59. The molecule has 1 heterocycles. The fourth-order valence-electron chi connectivity index (χ4n) is 1.28. The number of amides is 2. The highest BCUT2D eigenvalue weighted by molar-refractivity contribution is 5.91. The molecule has 0 aliphatic carbocycles. The van der Waals surface area contributed by atoms with Crippen LogP contribution in [0.25, 0.3) is 0 Å². The minimum atomic E-state index is -0.412. The van der Waals surface area contributed by atoms with Crippen LogP contribution in [0.3, 0.4) is 0 Å². The summed E-state index contributed by atoms with van der Waals surface area (Å²) in [5.41, 5.74) is 5.07. The van der Waals surface area contributed by atoms with E-state index >= 15 is 0 Å². The summed E-state index contributed by atoms with van der Waals surface area (Å²) in [4.78, 5) is 22.5. The Morgan fingerprint density at radius 3 is 2.79 bits per heavy atom. The summed E-state index contributed by atoms with van der Waals surface area (Å²) in [6.07, 6.45) is 1.01. The molecular weight excluding hydrogens is 182 g/mol. The highest BCUT2D eigenvalue weighted by Crippen LogP contribution is 2.08. The third kappa shape index (κ3) is 2.70. The SMILES string of the molecule is CC(C)(CN)NC(=O)[C@@H]1CCC(=O)N1. The van der Waals surface area contributed by atoms with Gasteiger partial charge in [0.1, 0.15) is 6.04 Å². The maximum absolute atomic E-state index is 11.6. The maximum Gasteiger partial charge on any atom is 0.243 e. The number of hydrogen-bond donors (Lipinski definition) is 3. The molecule has 1 rings (SSSR count). The third-order valence-corrected chi connectivity index (χ3v) is 2.28. The van der Waals surface area contributed by atoms with Crippen LogP contribution in [0.15, 0.2) is 0 Å². The zero-order valence-electron chi connectivity index (χ0n) is 8.59. The van der Waals surface area contributed by atoms with Gasteiger partial charge in [0.2, 0.25) is 11.8 Å². The van der Waals surface area contributed by atoms with Crippen LogP contribution in [0, 0.1) is 0 Å². The van der Waals surface area contributed by atoms with Crippen molar-refractivity contribution in [1.29, 1.82) is 0 Å². The predicted molar refractivity (Wildman–Crippen MR) is 52.4 cm³/mol. The molecule has 1 aliphatic heterocycles. The molecule has 1 fully saturated rings. The molecule has 0 bridgehead atoms. The molecule has 4 N–H and O–H groups in total. The largest absolute Gasteiger partial charge is 0.348 e. The van der Waals surface area contributed by atoms with Gasteiger partial charge >= 0.3 is 0 Å². The molecule has 1 atom stereocenters. The smallest absolute Gasteiger partial charge is 0.243 e. The first-order valence-electron chi connectivity index (χ1n) is 4.76. The van der Waals surface area contributed by atoms with Crippen LogP contribution in [0.4, 0.5) is 0 Å². The van der Waals surface area contributed by atoms with Gasteiger partial charge < -0.3 is 16.4 Å². The monoisotopic (exact) mass is 199 g/mol. The molecule has 0 radical (unpaired) electrons. The lowest BCUT2D eigenvalue weighted by Crippen LogP contribution is -2.54. The van der Waals surface area contributed by atoms with E-state index in [1.807, 2.05) is 13.8 Å². The molecule has 2 amide bonds. The molecule has 5 heteroatoms. The molecule has 0 saturated carbocycles. The van der Waals surface area contributed by atoms with Crippen molar-refractivity contribution >= 4 is 11.8 Å². The van der Waals surface area contributed by atoms with E-state index < -0.39 is 5.54 Å². The minimum absolute atomic E-state index is 0.0595. The Morgan fingerprint density at radius 2 is 2.36 bits per heavy atom. The predicted octanol–water partition coefficient (Wildman–Crippen LogP) is -0.881. The Balaban J connectivity index is 2.46. The fraction of sp³-hybridized carbons (Fsp3) is 0.778. The standard InChI is InChI=1S/C9H17N3O2/c1-9(2,5-10)12-8(14)6-3-4-7(13)11-6/h6H,3-5,10H2,1-2H3,(H,11,13)(H,12,14)/t6-/m0/s1. The van der Waals surface area contributed by atoms with Gasteiger partial charge in [-0.25, -0.2) is 0 Å². The van der Waals surface area contributed by atoms with E-state index in [0.717, 1.165) is 0 Å². The number of nitrogens with two attached hydrogens (primary N) is 1. The lowest BCUT2D eigenvalue weighted by atomic mass is 10.1. The average molecular weight is 199 g/mol. The van der Waals surface area contributed by atoms with E-state index in [1.54, 1.807) is 0 Å². The van der Waals surface area contributed by atoms with Crippen molar-refractivity contribution in [3.05, 3.63) is 0 Å². The van der Waals surface area contributed by atoms with Gasteiger partial charge in [0.05, 0.1) is 0 Å². The molecule has 14 heavy (non-hydrogen) atoms. The molecule has 1 saturated heterocycles. The normalized spacial score (nSPS) is 21.9. The van der Waals surface area contributed by atoms with Crippen molar-refractivity contribution in [1.82, 2.24) is 10.6 Å². The van der Waals surface area contributed by atoms with Crippen molar-refractivity contribution in [2.75, 3.05) is 6.54 Å². The van der Waals surface area contributed by atoms with Gasteiger partial charge in [-0.1, -0.05) is 0 Å². The second-order valence-corrected chi connectivity index (χ2v) is 4.24. The second-order valence-electron chi connectivity index (χ2n) is 4.24. The van der Waals surface area contributed by atoms with Gasteiger partial charge in [0.15, 0.2) is 0 Å². The number of carbonyl (C=O) groups excluding carboxylic acids is 2. The molecule has 0 aromatic rings. The summed E-state index contributed by atoms with van der Waals surface area (Å²) in [6, 6.07) is -0.381. The zero-order chi connectivity index (χ0) is 10.8. The average Bonchev–Trinajstić information content (AvgIpc) is 2.51. The van der Waals surface area contributed by atoms with E-state index in [-0.39, 0.29) is 17.9 Å². The van der Waals surface area contributed by atoms with E-state index in [1.165, 1.54) is 0 Å². The van der Waals surface area contributed by atoms with Gasteiger partial charge in [0.25, 0.3) is 0 Å². The number of carbonyl (C=O) groups is 2. The molecule has 0 aromatic carbocycles. The highest BCUT2D eigenvalue weighted by atomic mass is 16.2. The Bertz CT molecular complexity index is 250. The molecule has 1 aliphatic rings. The maximum atomic E-state index is 11.6. The van der Waals surface area contributed by atoms with Crippen molar-refractivity contribution in [3.8, 4) is 0 Å². The van der Waals surface area contributed by atoms with Crippen molar-refractivity contribution in [2.45, 2.75) is 38.3 Å². The first-order chi connectivity index (χ1) is 6.44. The van der Waals surface area contributed by atoms with Crippen LogP contribution in [0.1, 0.15) is 26.7 Å². The first-order valence-corrected chi connectivity index (χ1v) is 4.76. The Morgan fingerprint density at radius 1 is 1.71 bits per heavy atom. The number of rotatable bonds is 3. The molecular formula is C9H17N3O2. The summed E-state index contributed by atoms with van der Waals surface area (Å²) in [6.45, 7) is 4.07. The van der Waals surface area contributed by atoms with Crippen LogP contribution in [0.5, 0.6) is 0 Å². The topological polar surface area (TPSA) is 84.2 Å². The van der Waals surface area contributed by atoms with Gasteiger partial charge in [-0.2, -0.15) is 0 Å². The summed E-state index contributed by atoms with van der Waals surface area (Å²) in [7, 11) is 0. The fourth-order valence-corrected chi connectivity index (χ4v) is 1.28. The van der Waals surface area contributed by atoms with Crippen LogP contribution >= 0.6 is 0 Å². The molecule has 80 valence electrons. The lowest BCUT2D eigenvalue weighted by molar-refractivity contribution is -0.126. The highest BCUT2D eigenvalue weighted by Gasteiger charge is 2.30. The van der Waals surface area contributed by atoms with Gasteiger partial charge in [-0.05, 0) is 20.3 Å². The first kappa shape index (κ1) is 11.0.